The topological polar surface area (TPSA) is 52.6 Å². The Morgan fingerprint density at radius 1 is 0.654 bits per heavy atom. The molecule has 0 aromatic rings. The predicted molar refractivity (Wildman–Crippen MR) is 134 cm³/mol. The highest BCUT2D eigenvalue weighted by Gasteiger charge is 2.17. The Balaban J connectivity index is 4.22. The fourth-order valence-corrected chi connectivity index (χ4v) is 13.8. The van der Waals surface area contributed by atoms with Gasteiger partial charge in [-0.05, 0) is 41.5 Å². The van der Waals surface area contributed by atoms with E-state index in [4.69, 9.17) is 9.05 Å². The molecule has 0 heterocycles. The van der Waals surface area contributed by atoms with Crippen molar-refractivity contribution < 1.29 is 18.6 Å². The van der Waals surface area contributed by atoms with E-state index >= 15 is 0 Å². The maximum absolute atomic E-state index is 11.9. The van der Waals surface area contributed by atoms with Gasteiger partial charge in [-0.3, -0.25) is 0 Å². The van der Waals surface area contributed by atoms with Gasteiger partial charge < -0.3 is 9.05 Å². The summed E-state index contributed by atoms with van der Waals surface area (Å²) in [6.45, 7) is 11.2. The van der Waals surface area contributed by atoms with Crippen LogP contribution in [0.4, 0.5) is 0 Å². The molecule has 0 aromatic carbocycles. The maximum atomic E-state index is 11.9. The lowest BCUT2D eigenvalue weighted by Crippen LogP contribution is -2.03. The van der Waals surface area contributed by atoms with Crippen molar-refractivity contribution in [2.45, 2.75) is 57.0 Å². The van der Waals surface area contributed by atoms with Crippen LogP contribution in [0.3, 0.4) is 0 Å². The van der Waals surface area contributed by atoms with Crippen LogP contribution >= 0.6 is 62.5 Å². The third kappa shape index (κ3) is 12.1. The molecule has 0 bridgehead atoms. The van der Waals surface area contributed by atoms with Gasteiger partial charge in [-0.25, -0.2) is 9.59 Å². The molecule has 0 radical (unpaired) electrons. The Labute approximate surface area is 172 Å². The number of rotatable bonds is 10. The zero-order chi connectivity index (χ0) is 20.4. The van der Waals surface area contributed by atoms with E-state index in [0.717, 1.165) is 11.1 Å². The van der Waals surface area contributed by atoms with Crippen LogP contribution in [0.25, 0.3) is 0 Å². The van der Waals surface area contributed by atoms with Crippen LogP contribution in [0.1, 0.15) is 41.5 Å². The highest BCUT2D eigenvalue weighted by atomic mass is 31.2. The van der Waals surface area contributed by atoms with Gasteiger partial charge in [0.15, 0.2) is 0 Å². The van der Waals surface area contributed by atoms with Crippen LogP contribution in [0, 0.1) is 0 Å². The molecule has 0 aliphatic heterocycles. The molecule has 0 saturated heterocycles. The summed E-state index contributed by atoms with van der Waals surface area (Å²) in [5, 5.41) is 0.941. The van der Waals surface area contributed by atoms with Crippen molar-refractivity contribution in [1.82, 2.24) is 0 Å². The summed E-state index contributed by atoms with van der Waals surface area (Å²) in [6.07, 6.45) is 0. The van der Waals surface area contributed by atoms with Crippen LogP contribution in [0.2, 0.25) is 0 Å². The number of carbonyl (C=O) groups is 2. The summed E-state index contributed by atoms with van der Waals surface area (Å²) < 4.78 is 10.8. The largest absolute Gasteiger partial charge is 0.444 e. The summed E-state index contributed by atoms with van der Waals surface area (Å²) in [4.78, 5) is 23.7. The molecule has 11 heteroatoms. The third-order valence-electron chi connectivity index (χ3n) is 3.39. The second-order valence-electron chi connectivity index (χ2n) is 6.03. The van der Waals surface area contributed by atoms with Gasteiger partial charge in [0.1, 0.15) is 0 Å². The van der Waals surface area contributed by atoms with Gasteiger partial charge in [0.05, 0.1) is 17.6 Å². The van der Waals surface area contributed by atoms with E-state index in [-0.39, 0.29) is 39.8 Å². The minimum atomic E-state index is -0.227. The van der Waals surface area contributed by atoms with E-state index < -0.39 is 0 Å². The van der Waals surface area contributed by atoms with Gasteiger partial charge in [-0.15, -0.1) is 27.7 Å². The van der Waals surface area contributed by atoms with Crippen LogP contribution < -0.4 is 0 Å². The second kappa shape index (κ2) is 14.4. The van der Waals surface area contributed by atoms with Crippen molar-refractivity contribution in [1.29, 1.82) is 0 Å². The molecule has 0 aliphatic rings. The molecule has 0 aliphatic carbocycles. The molecule has 0 rings (SSSR count). The Morgan fingerprint density at radius 2 is 0.962 bits per heavy atom. The molecule has 26 heavy (non-hydrogen) atoms. The van der Waals surface area contributed by atoms with Crippen molar-refractivity contribution >= 4 is 74.4 Å². The molecule has 4 nitrogen and oxygen atoms in total. The van der Waals surface area contributed by atoms with Gasteiger partial charge >= 0.3 is 11.9 Å². The Morgan fingerprint density at radius 3 is 1.23 bits per heavy atom. The summed E-state index contributed by atoms with van der Waals surface area (Å²) in [6, 6.07) is 0. The van der Waals surface area contributed by atoms with E-state index in [1.165, 1.54) is 0 Å². The molecular formula is C15H31O4P7. The standard InChI is InChI=1S/C15H31O4P7/c1-7(2)9(5)11(16)18-25-14(21)23-13(20)24-15(22)26-19-12(17)10(6)8(3)4/h13-15,23-26H,20-22H2,1-6H3. The molecule has 150 valence electrons. The van der Waals surface area contributed by atoms with Gasteiger partial charge in [0, 0.05) is 26.6 Å². The normalized spacial score (nSPS) is 15.9. The first-order valence-electron chi connectivity index (χ1n) is 7.96. The minimum Gasteiger partial charge on any atom is -0.444 e. The molecule has 9 unspecified atom stereocenters. The molecule has 0 spiro atoms. The summed E-state index contributed by atoms with van der Waals surface area (Å²) in [7, 11) is 10.00. The summed E-state index contributed by atoms with van der Waals surface area (Å²) >= 11 is 0. The zero-order valence-corrected chi connectivity index (χ0v) is 23.6. The van der Waals surface area contributed by atoms with E-state index in [9.17, 15) is 9.59 Å². The number of hydrogen-bond acceptors (Lipinski definition) is 4. The number of hydrogen-bond donors (Lipinski definition) is 0. The van der Waals surface area contributed by atoms with E-state index in [2.05, 4.69) is 27.7 Å². The van der Waals surface area contributed by atoms with Crippen molar-refractivity contribution in [2.75, 3.05) is 0 Å². The molecule has 0 N–H and O–H groups in total. The first-order chi connectivity index (χ1) is 12.0. The smallest absolute Gasteiger partial charge is 0.336 e. The fraction of sp³-hybridized carbons (Fsp3) is 0.600. The van der Waals surface area contributed by atoms with E-state index in [1.807, 2.05) is 27.7 Å². The average Bonchev–Trinajstić information content (AvgIpc) is 2.55. The quantitative estimate of drug-likeness (QED) is 0.286. The Hall–Kier alpha value is 1.43. The van der Waals surface area contributed by atoms with Crippen molar-refractivity contribution in [3.05, 3.63) is 22.3 Å². The lowest BCUT2D eigenvalue weighted by molar-refractivity contribution is -0.130. The second-order valence-corrected chi connectivity index (χ2v) is 19.0. The van der Waals surface area contributed by atoms with E-state index in [0.29, 0.717) is 33.4 Å². The van der Waals surface area contributed by atoms with Crippen LogP contribution in [0.15, 0.2) is 22.3 Å². The van der Waals surface area contributed by atoms with Gasteiger partial charge in [0.2, 0.25) is 0 Å². The number of carbonyl (C=O) groups excluding carboxylic acids is 2. The summed E-state index contributed by atoms with van der Waals surface area (Å²) in [5.74, 6) is -0.453. The molecular weight excluding hydrogens is 461 g/mol. The SMILES string of the molecule is CC(C)=C(C)C(=O)OPC(P)PC(P)PC(P)POC(=O)C(C)=C(C)C. The number of allylic oxidation sites excluding steroid dienone is 2. The van der Waals surface area contributed by atoms with Crippen molar-refractivity contribution in [2.24, 2.45) is 0 Å². The van der Waals surface area contributed by atoms with Gasteiger partial charge in [-0.1, -0.05) is 28.3 Å². The molecule has 0 amide bonds. The van der Waals surface area contributed by atoms with Gasteiger partial charge in [0.25, 0.3) is 0 Å². The van der Waals surface area contributed by atoms with Gasteiger partial charge in [-0.2, -0.15) is 0 Å². The van der Waals surface area contributed by atoms with Crippen molar-refractivity contribution in [3.8, 4) is 0 Å². The molecule has 0 saturated carbocycles. The first-order valence-corrected chi connectivity index (χ1v) is 14.2. The lowest BCUT2D eigenvalue weighted by atomic mass is 10.2. The van der Waals surface area contributed by atoms with Crippen LogP contribution in [-0.4, -0.2) is 27.4 Å². The Kier molecular flexibility index (Phi) is 15.2. The lowest BCUT2D eigenvalue weighted by Gasteiger charge is -2.20. The summed E-state index contributed by atoms with van der Waals surface area (Å²) in [5.41, 5.74) is 3.33. The maximum Gasteiger partial charge on any atom is 0.336 e. The molecule has 0 aromatic heterocycles. The van der Waals surface area contributed by atoms with Crippen LogP contribution in [0.5, 0.6) is 0 Å². The first kappa shape index (κ1) is 27.4. The average molecular weight is 492 g/mol. The molecule has 9 atom stereocenters. The Bertz CT molecular complexity index is 506. The minimum absolute atomic E-state index is 0.138. The highest BCUT2D eigenvalue weighted by molar-refractivity contribution is 7.82. The third-order valence-corrected chi connectivity index (χ3v) is 11.8. The predicted octanol–water partition coefficient (Wildman–Crippen LogP) is 5.81. The fourth-order valence-electron chi connectivity index (χ4n) is 1.30. The monoisotopic (exact) mass is 492 g/mol. The van der Waals surface area contributed by atoms with Crippen LogP contribution in [-0.2, 0) is 18.6 Å². The zero-order valence-electron chi connectivity index (χ0n) is 16.1. The van der Waals surface area contributed by atoms with E-state index in [1.54, 1.807) is 13.8 Å². The molecule has 0 fully saturated rings. The highest BCUT2D eigenvalue weighted by Crippen LogP contribution is 2.55. The van der Waals surface area contributed by atoms with Crippen molar-refractivity contribution in [3.63, 3.8) is 0 Å².